The van der Waals surface area contributed by atoms with Crippen LogP contribution in [-0.4, -0.2) is 31.1 Å². The van der Waals surface area contributed by atoms with Gasteiger partial charge in [-0.1, -0.05) is 47.5 Å². The molecule has 0 aromatic heterocycles. The smallest absolute Gasteiger partial charge is 0.342 e. The Hall–Kier alpha value is -2.05. The fourth-order valence-corrected chi connectivity index (χ4v) is 2.40. The number of nitrogens with one attached hydrogen (secondary N) is 1. The normalized spacial score (nSPS) is 9.81. The third-order valence-electron chi connectivity index (χ3n) is 3.30. The van der Waals surface area contributed by atoms with Gasteiger partial charge in [-0.25, -0.2) is 4.79 Å². The predicted molar refractivity (Wildman–Crippen MR) is 110 cm³/mol. The number of benzene rings is 2. The molecule has 2 aromatic carbocycles. The van der Waals surface area contributed by atoms with Crippen LogP contribution in [0, 0.1) is 6.92 Å². The van der Waals surface area contributed by atoms with Crippen LogP contribution in [0.25, 0.3) is 0 Å². The summed E-state index contributed by atoms with van der Waals surface area (Å²) < 4.78 is 10.1. The first-order chi connectivity index (χ1) is 13.0. The van der Waals surface area contributed by atoms with Crippen LogP contribution >= 0.6 is 23.2 Å². The van der Waals surface area contributed by atoms with Crippen LogP contribution in [0.1, 0.15) is 22.8 Å². The number of halogens is 2. The number of aliphatic hydroxyl groups excluding tert-OH is 1. The molecular formula is C20H23Cl2NO4. The molecule has 0 saturated carbocycles. The second kappa shape index (κ2) is 12.4. The van der Waals surface area contributed by atoms with E-state index in [-0.39, 0.29) is 13.4 Å². The highest BCUT2D eigenvalue weighted by molar-refractivity contribution is 6.39. The number of aliphatic hydroxyl groups is 1. The molecule has 7 heteroatoms. The minimum atomic E-state index is -0.485. The van der Waals surface area contributed by atoms with Crippen molar-refractivity contribution in [2.24, 2.45) is 0 Å². The summed E-state index contributed by atoms with van der Waals surface area (Å²) in [6.07, 6.45) is 1.43. The molecule has 0 spiro atoms. The molecule has 0 aliphatic rings. The molecule has 0 amide bonds. The highest BCUT2D eigenvalue weighted by Crippen LogP contribution is 2.36. The van der Waals surface area contributed by atoms with Crippen molar-refractivity contribution in [3.05, 3.63) is 70.2 Å². The van der Waals surface area contributed by atoms with Gasteiger partial charge in [0.15, 0.2) is 6.79 Å². The first-order valence-corrected chi connectivity index (χ1v) is 8.99. The SMILES string of the molecule is C=CCO.CCOCOC(=O)c1ccccc1Nc1c(Cl)ccc(C)c1Cl. The quantitative estimate of drug-likeness (QED) is 0.277. The van der Waals surface area contributed by atoms with Crippen molar-refractivity contribution in [1.29, 1.82) is 0 Å². The molecule has 0 unspecified atom stereocenters. The van der Waals surface area contributed by atoms with Crippen LogP contribution in [0.4, 0.5) is 11.4 Å². The molecule has 27 heavy (non-hydrogen) atoms. The number of aryl methyl sites for hydroxylation is 1. The van der Waals surface area contributed by atoms with Gasteiger partial charge >= 0.3 is 5.97 Å². The number of rotatable bonds is 7. The first kappa shape index (κ1) is 23.0. The van der Waals surface area contributed by atoms with Gasteiger partial charge in [0, 0.05) is 6.61 Å². The maximum atomic E-state index is 12.2. The van der Waals surface area contributed by atoms with Gasteiger partial charge in [0.05, 0.1) is 33.6 Å². The largest absolute Gasteiger partial charge is 0.435 e. The van der Waals surface area contributed by atoms with Gasteiger partial charge in [-0.05, 0) is 37.6 Å². The van der Waals surface area contributed by atoms with Crippen LogP contribution in [-0.2, 0) is 9.47 Å². The van der Waals surface area contributed by atoms with Crippen LogP contribution in [0.5, 0.6) is 0 Å². The van der Waals surface area contributed by atoms with Crippen LogP contribution in [0.15, 0.2) is 49.1 Å². The van der Waals surface area contributed by atoms with Gasteiger partial charge in [-0.15, -0.1) is 6.58 Å². The minimum absolute atomic E-state index is 0.0833. The lowest BCUT2D eigenvalue weighted by atomic mass is 10.1. The summed E-state index contributed by atoms with van der Waals surface area (Å²) in [4.78, 5) is 12.2. The number of para-hydroxylation sites is 1. The van der Waals surface area contributed by atoms with Crippen molar-refractivity contribution in [2.45, 2.75) is 13.8 Å². The number of hydrogen-bond acceptors (Lipinski definition) is 5. The summed E-state index contributed by atoms with van der Waals surface area (Å²) in [5, 5.41) is 11.9. The molecule has 146 valence electrons. The number of ether oxygens (including phenoxy) is 2. The third kappa shape index (κ3) is 7.23. The lowest BCUT2D eigenvalue weighted by Crippen LogP contribution is -2.11. The highest BCUT2D eigenvalue weighted by atomic mass is 35.5. The van der Waals surface area contributed by atoms with Gasteiger partial charge < -0.3 is 19.9 Å². The summed E-state index contributed by atoms with van der Waals surface area (Å²) in [6, 6.07) is 10.6. The van der Waals surface area contributed by atoms with E-state index < -0.39 is 5.97 Å². The molecule has 0 aliphatic carbocycles. The van der Waals surface area contributed by atoms with Gasteiger partial charge in [0.25, 0.3) is 0 Å². The minimum Gasteiger partial charge on any atom is -0.435 e. The van der Waals surface area contributed by atoms with E-state index >= 15 is 0 Å². The third-order valence-corrected chi connectivity index (χ3v) is 4.10. The average Bonchev–Trinajstić information content (AvgIpc) is 2.69. The molecule has 2 aromatic rings. The molecule has 2 N–H and O–H groups in total. The predicted octanol–water partition coefficient (Wildman–Crippen LogP) is 5.36. The van der Waals surface area contributed by atoms with Gasteiger partial charge in [0.2, 0.25) is 0 Å². The van der Waals surface area contributed by atoms with E-state index in [0.717, 1.165) is 5.56 Å². The maximum Gasteiger partial charge on any atom is 0.342 e. The van der Waals surface area contributed by atoms with Crippen molar-refractivity contribution < 1.29 is 19.4 Å². The number of carbonyl (C=O) groups excluding carboxylic acids is 1. The van der Waals surface area contributed by atoms with Crippen LogP contribution in [0.3, 0.4) is 0 Å². The molecule has 0 radical (unpaired) electrons. The summed E-state index contributed by atoms with van der Waals surface area (Å²) in [5.74, 6) is -0.485. The summed E-state index contributed by atoms with van der Waals surface area (Å²) in [6.45, 7) is 7.40. The fourth-order valence-electron chi connectivity index (χ4n) is 1.93. The van der Waals surface area contributed by atoms with Crippen molar-refractivity contribution in [1.82, 2.24) is 0 Å². The maximum absolute atomic E-state index is 12.2. The summed E-state index contributed by atoms with van der Waals surface area (Å²) in [7, 11) is 0. The molecule has 0 saturated heterocycles. The van der Waals surface area contributed by atoms with Crippen molar-refractivity contribution in [2.75, 3.05) is 25.3 Å². The lowest BCUT2D eigenvalue weighted by Gasteiger charge is -2.15. The van der Waals surface area contributed by atoms with Gasteiger partial charge in [-0.3, -0.25) is 0 Å². The fraction of sp³-hybridized carbons (Fsp3) is 0.250. The molecule has 0 aliphatic heterocycles. The Kier molecular flexibility index (Phi) is 10.5. The Morgan fingerprint density at radius 1 is 1.26 bits per heavy atom. The van der Waals surface area contributed by atoms with E-state index in [1.165, 1.54) is 6.08 Å². The van der Waals surface area contributed by atoms with E-state index in [4.69, 9.17) is 37.8 Å². The molecule has 2 rings (SSSR count). The molecular weight excluding hydrogens is 389 g/mol. The highest BCUT2D eigenvalue weighted by Gasteiger charge is 2.15. The Morgan fingerprint density at radius 2 is 1.93 bits per heavy atom. The second-order valence-corrected chi connectivity index (χ2v) is 6.02. The van der Waals surface area contributed by atoms with E-state index in [0.29, 0.717) is 33.6 Å². The first-order valence-electron chi connectivity index (χ1n) is 8.23. The van der Waals surface area contributed by atoms with E-state index in [9.17, 15) is 4.79 Å². The van der Waals surface area contributed by atoms with E-state index in [2.05, 4.69) is 11.9 Å². The van der Waals surface area contributed by atoms with Gasteiger partial charge in [0.1, 0.15) is 0 Å². The van der Waals surface area contributed by atoms with E-state index in [1.54, 1.807) is 30.3 Å². The zero-order chi connectivity index (χ0) is 20.2. The lowest BCUT2D eigenvalue weighted by molar-refractivity contribution is -0.0273. The molecule has 0 fully saturated rings. The van der Waals surface area contributed by atoms with Crippen molar-refractivity contribution in [3.63, 3.8) is 0 Å². The Morgan fingerprint density at radius 3 is 2.56 bits per heavy atom. The standard InChI is InChI=1S/C17H17Cl2NO3.C3H6O/c1-3-22-10-23-17(21)12-6-4-5-7-14(12)20-16-13(18)9-8-11(2)15(16)19;1-2-3-4/h4-9,20H,3,10H2,1-2H3;2,4H,1,3H2. The second-order valence-electron chi connectivity index (χ2n) is 5.24. The molecule has 0 atom stereocenters. The Balaban J connectivity index is 0.000000828. The average molecular weight is 412 g/mol. The number of hydrogen-bond donors (Lipinski definition) is 2. The topological polar surface area (TPSA) is 67.8 Å². The van der Waals surface area contributed by atoms with Crippen LogP contribution < -0.4 is 5.32 Å². The molecule has 0 heterocycles. The van der Waals surface area contributed by atoms with Crippen LogP contribution in [0.2, 0.25) is 10.0 Å². The van der Waals surface area contributed by atoms with Crippen molar-refractivity contribution in [3.8, 4) is 0 Å². The van der Waals surface area contributed by atoms with Crippen molar-refractivity contribution >= 4 is 40.5 Å². The number of carbonyl (C=O) groups is 1. The van der Waals surface area contributed by atoms with Gasteiger partial charge in [-0.2, -0.15) is 0 Å². The zero-order valence-corrected chi connectivity index (χ0v) is 16.8. The van der Waals surface area contributed by atoms with E-state index in [1.807, 2.05) is 19.9 Å². The Bertz CT molecular complexity index is 766. The number of anilines is 2. The Labute approximate surface area is 169 Å². The zero-order valence-electron chi connectivity index (χ0n) is 15.3. The molecule has 5 nitrogen and oxygen atoms in total. The summed E-state index contributed by atoms with van der Waals surface area (Å²) in [5.41, 5.74) is 2.37. The number of esters is 1. The molecule has 0 bridgehead atoms. The summed E-state index contributed by atoms with van der Waals surface area (Å²) >= 11 is 12.5. The monoisotopic (exact) mass is 411 g/mol.